The van der Waals surface area contributed by atoms with Crippen LogP contribution in [0.3, 0.4) is 0 Å². The summed E-state index contributed by atoms with van der Waals surface area (Å²) < 4.78 is 51.9. The largest absolute Gasteiger partial charge is 0.573 e. The number of carbonyl (C=O) groups excluding carboxylic acids is 1. The van der Waals surface area contributed by atoms with Crippen molar-refractivity contribution in [2.45, 2.75) is 44.7 Å². The number of fused-ring (bicyclic) bond motifs is 1. The van der Waals surface area contributed by atoms with Crippen LogP contribution in [0.2, 0.25) is 0 Å². The van der Waals surface area contributed by atoms with Gasteiger partial charge in [0.15, 0.2) is 0 Å². The van der Waals surface area contributed by atoms with Crippen molar-refractivity contribution in [3.05, 3.63) is 23.8 Å². The molecular formula is C16H18F3NO4. The summed E-state index contributed by atoms with van der Waals surface area (Å²) in [5.74, 6) is -0.500. The first-order chi connectivity index (χ1) is 11.2. The number of alkyl halides is 3. The molecule has 24 heavy (non-hydrogen) atoms. The number of rotatable bonds is 4. The van der Waals surface area contributed by atoms with E-state index in [9.17, 15) is 18.0 Å². The first-order valence-corrected chi connectivity index (χ1v) is 7.74. The van der Waals surface area contributed by atoms with Crippen molar-refractivity contribution >= 4 is 5.97 Å². The van der Waals surface area contributed by atoms with E-state index in [1.807, 2.05) is 0 Å². The SMILES string of the molecule is CCOC(=O)C1([C@@H]2C[C@H](N)c3ccc(OC(F)(F)F)cc3O2)CC1. The topological polar surface area (TPSA) is 70.8 Å². The van der Waals surface area contributed by atoms with Crippen LogP contribution >= 0.6 is 0 Å². The van der Waals surface area contributed by atoms with Gasteiger partial charge in [-0.3, -0.25) is 4.79 Å². The Morgan fingerprint density at radius 1 is 1.42 bits per heavy atom. The van der Waals surface area contributed by atoms with E-state index in [-0.39, 0.29) is 24.1 Å². The number of carbonyl (C=O) groups is 1. The van der Waals surface area contributed by atoms with E-state index in [0.29, 0.717) is 24.8 Å². The number of hydrogen-bond donors (Lipinski definition) is 1. The van der Waals surface area contributed by atoms with Crippen molar-refractivity contribution in [2.24, 2.45) is 11.1 Å². The van der Waals surface area contributed by atoms with Crippen LogP contribution in [0.5, 0.6) is 11.5 Å². The van der Waals surface area contributed by atoms with Gasteiger partial charge in [-0.1, -0.05) is 6.07 Å². The highest BCUT2D eigenvalue weighted by Gasteiger charge is 2.59. The molecule has 1 saturated carbocycles. The summed E-state index contributed by atoms with van der Waals surface area (Å²) in [6, 6.07) is 3.40. The lowest BCUT2D eigenvalue weighted by atomic mass is 9.88. The second-order valence-electron chi connectivity index (χ2n) is 6.07. The Morgan fingerprint density at radius 2 is 2.12 bits per heavy atom. The number of hydrogen-bond acceptors (Lipinski definition) is 5. The van der Waals surface area contributed by atoms with Gasteiger partial charge in [0, 0.05) is 24.1 Å². The van der Waals surface area contributed by atoms with E-state index in [4.69, 9.17) is 15.2 Å². The lowest BCUT2D eigenvalue weighted by Gasteiger charge is -2.34. The summed E-state index contributed by atoms with van der Waals surface area (Å²) in [5.41, 5.74) is 5.97. The molecular weight excluding hydrogens is 327 g/mol. The molecule has 2 aliphatic rings. The highest BCUT2D eigenvalue weighted by Crippen LogP contribution is 2.55. The Labute approximate surface area is 136 Å². The lowest BCUT2D eigenvalue weighted by Crippen LogP contribution is -2.41. The molecule has 1 aromatic rings. The van der Waals surface area contributed by atoms with Gasteiger partial charge in [0.2, 0.25) is 0 Å². The van der Waals surface area contributed by atoms with Crippen LogP contribution in [0, 0.1) is 5.41 Å². The maximum absolute atomic E-state index is 12.4. The molecule has 2 N–H and O–H groups in total. The third-order valence-corrected chi connectivity index (χ3v) is 4.44. The smallest absolute Gasteiger partial charge is 0.489 e. The molecule has 1 aliphatic carbocycles. The zero-order valence-corrected chi connectivity index (χ0v) is 13.1. The monoisotopic (exact) mass is 345 g/mol. The maximum atomic E-state index is 12.4. The average Bonchev–Trinajstić information content (AvgIpc) is 3.27. The molecule has 3 rings (SSSR count). The van der Waals surface area contributed by atoms with Crippen molar-refractivity contribution in [1.29, 1.82) is 0 Å². The predicted molar refractivity (Wildman–Crippen MR) is 77.4 cm³/mol. The Hall–Kier alpha value is -1.96. The Kier molecular flexibility index (Phi) is 4.11. The van der Waals surface area contributed by atoms with Gasteiger partial charge < -0.3 is 19.9 Å². The quantitative estimate of drug-likeness (QED) is 0.849. The van der Waals surface area contributed by atoms with Crippen molar-refractivity contribution in [2.75, 3.05) is 6.61 Å². The van der Waals surface area contributed by atoms with Crippen molar-refractivity contribution in [3.8, 4) is 11.5 Å². The third-order valence-electron chi connectivity index (χ3n) is 4.44. The lowest BCUT2D eigenvalue weighted by molar-refractivity contribution is -0.274. The van der Waals surface area contributed by atoms with E-state index >= 15 is 0 Å². The summed E-state index contributed by atoms with van der Waals surface area (Å²) in [4.78, 5) is 12.2. The Bertz CT molecular complexity index is 643. The molecule has 5 nitrogen and oxygen atoms in total. The number of ether oxygens (including phenoxy) is 3. The Morgan fingerprint density at radius 3 is 2.71 bits per heavy atom. The molecule has 0 spiro atoms. The molecule has 0 aromatic heterocycles. The first kappa shape index (κ1) is 16.9. The number of nitrogens with two attached hydrogens (primary N) is 1. The minimum Gasteiger partial charge on any atom is -0.489 e. The summed E-state index contributed by atoms with van der Waals surface area (Å²) in [5, 5.41) is 0. The van der Waals surface area contributed by atoms with Crippen LogP contribution in [0.15, 0.2) is 18.2 Å². The highest BCUT2D eigenvalue weighted by molar-refractivity contribution is 5.81. The summed E-state index contributed by atoms with van der Waals surface area (Å²) >= 11 is 0. The van der Waals surface area contributed by atoms with Crippen molar-refractivity contribution in [1.82, 2.24) is 0 Å². The van der Waals surface area contributed by atoms with Crippen LogP contribution in [0.4, 0.5) is 13.2 Å². The van der Waals surface area contributed by atoms with Crippen LogP contribution in [0.1, 0.15) is 37.8 Å². The van der Waals surface area contributed by atoms with Crippen LogP contribution in [0.25, 0.3) is 0 Å². The molecule has 1 heterocycles. The van der Waals surface area contributed by atoms with Gasteiger partial charge in [-0.05, 0) is 25.8 Å². The second-order valence-corrected chi connectivity index (χ2v) is 6.07. The zero-order valence-electron chi connectivity index (χ0n) is 13.1. The molecule has 1 fully saturated rings. The van der Waals surface area contributed by atoms with Gasteiger partial charge in [-0.25, -0.2) is 0 Å². The molecule has 1 aromatic carbocycles. The zero-order chi connectivity index (χ0) is 17.5. The molecule has 0 amide bonds. The third kappa shape index (κ3) is 3.15. The van der Waals surface area contributed by atoms with Crippen molar-refractivity contribution < 1.29 is 32.2 Å². The van der Waals surface area contributed by atoms with Crippen LogP contribution in [-0.2, 0) is 9.53 Å². The molecule has 2 atom stereocenters. The maximum Gasteiger partial charge on any atom is 0.573 e. The normalized spacial score (nSPS) is 24.5. The second kappa shape index (κ2) is 5.84. The number of esters is 1. The van der Waals surface area contributed by atoms with Gasteiger partial charge >= 0.3 is 12.3 Å². The van der Waals surface area contributed by atoms with Crippen LogP contribution < -0.4 is 15.2 Å². The fourth-order valence-electron chi connectivity index (χ4n) is 3.08. The van der Waals surface area contributed by atoms with E-state index in [0.717, 1.165) is 6.07 Å². The van der Waals surface area contributed by atoms with E-state index in [1.54, 1.807) is 6.92 Å². The fourth-order valence-corrected chi connectivity index (χ4v) is 3.08. The molecule has 132 valence electrons. The van der Waals surface area contributed by atoms with Gasteiger partial charge in [0.1, 0.15) is 23.0 Å². The van der Waals surface area contributed by atoms with Crippen LogP contribution in [-0.4, -0.2) is 25.0 Å². The molecule has 1 aliphatic heterocycles. The summed E-state index contributed by atoms with van der Waals surface area (Å²) in [7, 11) is 0. The Balaban J connectivity index is 1.83. The standard InChI is InChI=1S/C16H18F3NO4/c1-2-22-14(21)15(5-6-15)13-8-11(20)10-4-3-9(7-12(10)23-13)24-16(17,18)19/h3-4,7,11,13H,2,5-6,8,20H2,1H3/t11-,13-/m0/s1. The van der Waals surface area contributed by atoms with E-state index < -0.39 is 23.9 Å². The van der Waals surface area contributed by atoms with Gasteiger partial charge in [0.05, 0.1) is 6.61 Å². The number of benzene rings is 1. The van der Waals surface area contributed by atoms with E-state index in [2.05, 4.69) is 4.74 Å². The average molecular weight is 345 g/mol. The van der Waals surface area contributed by atoms with Gasteiger partial charge in [-0.15, -0.1) is 13.2 Å². The van der Waals surface area contributed by atoms with E-state index in [1.165, 1.54) is 12.1 Å². The van der Waals surface area contributed by atoms with Gasteiger partial charge in [0.25, 0.3) is 0 Å². The summed E-state index contributed by atoms with van der Waals surface area (Å²) in [6.45, 7) is 1.98. The van der Waals surface area contributed by atoms with Gasteiger partial charge in [-0.2, -0.15) is 0 Å². The molecule has 0 unspecified atom stereocenters. The highest BCUT2D eigenvalue weighted by atomic mass is 19.4. The minimum atomic E-state index is -4.78. The first-order valence-electron chi connectivity index (χ1n) is 7.74. The van der Waals surface area contributed by atoms with Crippen molar-refractivity contribution in [3.63, 3.8) is 0 Å². The summed E-state index contributed by atoms with van der Waals surface area (Å²) in [6.07, 6.45) is -3.65. The fraction of sp³-hybridized carbons (Fsp3) is 0.562. The molecule has 8 heteroatoms. The molecule has 0 radical (unpaired) electrons. The number of halogens is 3. The predicted octanol–water partition coefficient (Wildman–Crippen LogP) is 3.08. The molecule has 0 saturated heterocycles. The molecule has 0 bridgehead atoms. The minimum absolute atomic E-state index is 0.219.